The molecule has 0 saturated carbocycles. The maximum absolute atomic E-state index is 5.27. The highest BCUT2D eigenvalue weighted by molar-refractivity contribution is 4.50. The fourth-order valence-corrected chi connectivity index (χ4v) is 1.08. The topological polar surface area (TPSA) is 50.1 Å². The van der Waals surface area contributed by atoms with E-state index in [-0.39, 0.29) is 0 Å². The first-order valence-corrected chi connectivity index (χ1v) is 5.03. The first-order valence-electron chi connectivity index (χ1n) is 5.03. The van der Waals surface area contributed by atoms with E-state index < -0.39 is 0 Å². The van der Waals surface area contributed by atoms with Gasteiger partial charge in [0, 0.05) is 19.8 Å². The average Bonchev–Trinajstić information content (AvgIpc) is 2.10. The number of hydrogen-bond acceptors (Lipinski definition) is 3. The van der Waals surface area contributed by atoms with Crippen molar-refractivity contribution in [1.29, 1.82) is 0 Å². The maximum atomic E-state index is 5.27. The number of nitrogens with two attached hydrogens (primary N) is 1. The van der Waals surface area contributed by atoms with Crippen LogP contribution < -0.4 is 16.4 Å². The second-order valence-electron chi connectivity index (χ2n) is 3.01. The molecule has 12 heavy (non-hydrogen) atoms. The van der Waals surface area contributed by atoms with Crippen molar-refractivity contribution in [2.75, 3.05) is 26.3 Å². The van der Waals surface area contributed by atoms with Gasteiger partial charge in [-0.1, -0.05) is 26.2 Å². The zero-order valence-corrected chi connectivity index (χ0v) is 8.23. The molecule has 0 heterocycles. The maximum Gasteiger partial charge on any atom is 0.0429 e. The molecule has 0 bridgehead atoms. The molecular weight excluding hydrogens is 150 g/mol. The Morgan fingerprint density at radius 2 is 1.67 bits per heavy atom. The second-order valence-corrected chi connectivity index (χ2v) is 3.01. The van der Waals surface area contributed by atoms with Gasteiger partial charge in [0.2, 0.25) is 0 Å². The van der Waals surface area contributed by atoms with Crippen molar-refractivity contribution < 1.29 is 0 Å². The van der Waals surface area contributed by atoms with Crippen LogP contribution in [0.25, 0.3) is 0 Å². The van der Waals surface area contributed by atoms with E-state index in [9.17, 15) is 0 Å². The summed E-state index contributed by atoms with van der Waals surface area (Å²) in [5.74, 6) is 0. The lowest BCUT2D eigenvalue weighted by molar-refractivity contribution is 0.576. The molecule has 74 valence electrons. The van der Waals surface area contributed by atoms with Gasteiger partial charge in [0.15, 0.2) is 0 Å². The van der Waals surface area contributed by atoms with Crippen molar-refractivity contribution >= 4 is 0 Å². The minimum Gasteiger partial charge on any atom is -0.318 e. The van der Waals surface area contributed by atoms with E-state index in [1.165, 1.54) is 25.7 Å². The van der Waals surface area contributed by atoms with Crippen LogP contribution in [-0.4, -0.2) is 26.3 Å². The Kier molecular flexibility index (Phi) is 10.8. The summed E-state index contributed by atoms with van der Waals surface area (Å²) in [6.07, 6.45) is 5.34. The van der Waals surface area contributed by atoms with Crippen LogP contribution in [0.4, 0.5) is 0 Å². The second kappa shape index (κ2) is 10.9. The molecule has 0 unspecified atom stereocenters. The quantitative estimate of drug-likeness (QED) is 0.355. The molecule has 0 rings (SSSR count). The monoisotopic (exact) mass is 173 g/mol. The van der Waals surface area contributed by atoms with E-state index in [2.05, 4.69) is 17.6 Å². The van der Waals surface area contributed by atoms with Crippen LogP contribution in [0.15, 0.2) is 0 Å². The van der Waals surface area contributed by atoms with Gasteiger partial charge >= 0.3 is 0 Å². The molecule has 0 saturated heterocycles. The van der Waals surface area contributed by atoms with E-state index in [1.807, 2.05) is 0 Å². The summed E-state index contributed by atoms with van der Waals surface area (Å²) >= 11 is 0. The number of hydrogen-bond donors (Lipinski definition) is 3. The smallest absolute Gasteiger partial charge is 0.0429 e. The summed E-state index contributed by atoms with van der Waals surface area (Å²) in [6.45, 7) is 5.97. The van der Waals surface area contributed by atoms with Gasteiger partial charge in [-0.15, -0.1) is 0 Å². The van der Waals surface area contributed by atoms with Gasteiger partial charge < -0.3 is 16.4 Å². The third-order valence-corrected chi connectivity index (χ3v) is 1.83. The molecule has 0 aliphatic rings. The molecule has 3 nitrogen and oxygen atoms in total. The lowest BCUT2D eigenvalue weighted by Gasteiger charge is -2.04. The molecule has 0 atom stereocenters. The molecular formula is C9H23N3. The summed E-state index contributed by atoms with van der Waals surface area (Å²) in [6, 6.07) is 0. The van der Waals surface area contributed by atoms with Crippen molar-refractivity contribution in [1.82, 2.24) is 10.6 Å². The Labute approximate surface area is 76.1 Å². The van der Waals surface area contributed by atoms with Gasteiger partial charge in [-0.2, -0.15) is 0 Å². The zero-order chi connectivity index (χ0) is 9.07. The average molecular weight is 173 g/mol. The lowest BCUT2D eigenvalue weighted by Crippen LogP contribution is -2.31. The first-order chi connectivity index (χ1) is 5.91. The Morgan fingerprint density at radius 3 is 2.33 bits per heavy atom. The molecule has 0 amide bonds. The number of rotatable bonds is 9. The normalized spacial score (nSPS) is 10.5. The molecule has 0 spiro atoms. The Balaban J connectivity index is 2.73. The van der Waals surface area contributed by atoms with E-state index in [1.54, 1.807) is 0 Å². The van der Waals surface area contributed by atoms with Gasteiger partial charge in [-0.25, -0.2) is 0 Å². The van der Waals surface area contributed by atoms with Gasteiger partial charge in [-0.3, -0.25) is 0 Å². The molecule has 4 N–H and O–H groups in total. The molecule has 3 heteroatoms. The minimum absolute atomic E-state index is 0.581. The number of nitrogens with one attached hydrogen (secondary N) is 2. The SMILES string of the molecule is CCCCCCNCCNCN. The predicted octanol–water partition coefficient (Wildman–Crippen LogP) is 0.662. The molecule has 0 aliphatic carbocycles. The Hall–Kier alpha value is -0.120. The van der Waals surface area contributed by atoms with Crippen LogP contribution in [0.3, 0.4) is 0 Å². The van der Waals surface area contributed by atoms with Gasteiger partial charge in [0.1, 0.15) is 0 Å². The molecule has 0 aliphatic heterocycles. The summed E-state index contributed by atoms with van der Waals surface area (Å²) in [5.41, 5.74) is 5.27. The summed E-state index contributed by atoms with van der Waals surface area (Å²) < 4.78 is 0. The van der Waals surface area contributed by atoms with Gasteiger partial charge in [0.25, 0.3) is 0 Å². The molecule has 0 aromatic rings. The fraction of sp³-hybridized carbons (Fsp3) is 1.00. The van der Waals surface area contributed by atoms with E-state index in [4.69, 9.17) is 5.73 Å². The van der Waals surface area contributed by atoms with E-state index >= 15 is 0 Å². The molecule has 0 radical (unpaired) electrons. The summed E-state index contributed by atoms with van der Waals surface area (Å²) in [4.78, 5) is 0. The molecule has 0 fully saturated rings. The summed E-state index contributed by atoms with van der Waals surface area (Å²) in [7, 11) is 0. The fourth-order valence-electron chi connectivity index (χ4n) is 1.08. The highest BCUT2D eigenvalue weighted by Crippen LogP contribution is 1.96. The van der Waals surface area contributed by atoms with Crippen molar-refractivity contribution in [3.05, 3.63) is 0 Å². The zero-order valence-electron chi connectivity index (χ0n) is 8.23. The van der Waals surface area contributed by atoms with Gasteiger partial charge in [0.05, 0.1) is 0 Å². The van der Waals surface area contributed by atoms with Gasteiger partial charge in [-0.05, 0) is 13.0 Å². The van der Waals surface area contributed by atoms with Crippen LogP contribution in [-0.2, 0) is 0 Å². The first kappa shape index (κ1) is 11.9. The number of unbranched alkanes of at least 4 members (excludes halogenated alkanes) is 3. The standard InChI is InChI=1S/C9H23N3/c1-2-3-4-5-6-11-7-8-12-9-10/h11-12H,2-10H2,1H3. The lowest BCUT2D eigenvalue weighted by atomic mass is 10.2. The van der Waals surface area contributed by atoms with Crippen LogP contribution in [0.1, 0.15) is 32.6 Å². The van der Waals surface area contributed by atoms with Crippen molar-refractivity contribution in [2.24, 2.45) is 5.73 Å². The molecule has 0 aromatic carbocycles. The minimum atomic E-state index is 0.581. The highest BCUT2D eigenvalue weighted by Gasteiger charge is 1.87. The molecule has 0 aromatic heterocycles. The van der Waals surface area contributed by atoms with Crippen molar-refractivity contribution in [3.8, 4) is 0 Å². The van der Waals surface area contributed by atoms with E-state index in [0.717, 1.165) is 19.6 Å². The van der Waals surface area contributed by atoms with E-state index in [0.29, 0.717) is 6.67 Å². The van der Waals surface area contributed by atoms with Crippen LogP contribution >= 0.6 is 0 Å². The van der Waals surface area contributed by atoms with Crippen LogP contribution in [0.2, 0.25) is 0 Å². The highest BCUT2D eigenvalue weighted by atomic mass is 15.0. The van der Waals surface area contributed by atoms with Crippen molar-refractivity contribution in [2.45, 2.75) is 32.6 Å². The van der Waals surface area contributed by atoms with Crippen molar-refractivity contribution in [3.63, 3.8) is 0 Å². The third-order valence-electron chi connectivity index (χ3n) is 1.83. The Bertz CT molecular complexity index is 66.2. The third kappa shape index (κ3) is 9.88. The summed E-state index contributed by atoms with van der Waals surface area (Å²) in [5, 5.41) is 6.43. The van der Waals surface area contributed by atoms with Crippen LogP contribution in [0, 0.1) is 0 Å². The largest absolute Gasteiger partial charge is 0.318 e. The predicted molar refractivity (Wildman–Crippen MR) is 54.1 cm³/mol. The van der Waals surface area contributed by atoms with Crippen LogP contribution in [0.5, 0.6) is 0 Å². The Morgan fingerprint density at radius 1 is 0.917 bits per heavy atom.